The SMILES string of the molecule is COC(=O)c1ccc(Oc2ccc3c(c2)OCO3)c(NC(=O)CC#N)c1. The van der Waals surface area contributed by atoms with E-state index in [0.29, 0.717) is 23.0 Å². The topological polar surface area (TPSA) is 107 Å². The van der Waals surface area contributed by atoms with Gasteiger partial charge in [-0.05, 0) is 30.3 Å². The highest BCUT2D eigenvalue weighted by Crippen LogP contribution is 2.38. The summed E-state index contributed by atoms with van der Waals surface area (Å²) in [6.45, 7) is 0.141. The van der Waals surface area contributed by atoms with Crippen LogP contribution < -0.4 is 19.5 Å². The van der Waals surface area contributed by atoms with Crippen LogP contribution in [0.15, 0.2) is 36.4 Å². The largest absolute Gasteiger partial charge is 0.465 e. The molecule has 2 aromatic carbocycles. The minimum Gasteiger partial charge on any atom is -0.465 e. The maximum Gasteiger partial charge on any atom is 0.337 e. The van der Waals surface area contributed by atoms with Crippen molar-refractivity contribution in [2.45, 2.75) is 6.42 Å². The second-order valence-electron chi connectivity index (χ2n) is 5.20. The van der Waals surface area contributed by atoms with Gasteiger partial charge in [-0.2, -0.15) is 5.26 Å². The Labute approximate surface area is 148 Å². The second-order valence-corrected chi connectivity index (χ2v) is 5.20. The minimum atomic E-state index is -0.560. The van der Waals surface area contributed by atoms with Gasteiger partial charge in [-0.3, -0.25) is 4.79 Å². The van der Waals surface area contributed by atoms with Gasteiger partial charge in [-0.15, -0.1) is 0 Å². The molecule has 0 aliphatic carbocycles. The highest BCUT2D eigenvalue weighted by molar-refractivity contribution is 5.96. The summed E-state index contributed by atoms with van der Waals surface area (Å²) in [5.74, 6) is 0.823. The fourth-order valence-electron chi connectivity index (χ4n) is 2.30. The van der Waals surface area contributed by atoms with Gasteiger partial charge < -0.3 is 24.3 Å². The molecule has 1 amide bonds. The van der Waals surface area contributed by atoms with E-state index in [9.17, 15) is 9.59 Å². The van der Waals surface area contributed by atoms with Crippen LogP contribution >= 0.6 is 0 Å². The van der Waals surface area contributed by atoms with E-state index in [2.05, 4.69) is 10.1 Å². The lowest BCUT2D eigenvalue weighted by molar-refractivity contribution is -0.115. The molecule has 132 valence electrons. The zero-order chi connectivity index (χ0) is 18.5. The van der Waals surface area contributed by atoms with E-state index < -0.39 is 11.9 Å². The maximum absolute atomic E-state index is 11.8. The zero-order valence-corrected chi connectivity index (χ0v) is 13.8. The molecule has 2 aromatic rings. The Balaban J connectivity index is 1.90. The summed E-state index contributed by atoms with van der Waals surface area (Å²) in [6.07, 6.45) is -0.327. The van der Waals surface area contributed by atoms with Gasteiger partial charge in [0.15, 0.2) is 17.2 Å². The van der Waals surface area contributed by atoms with Gasteiger partial charge in [0.2, 0.25) is 12.7 Å². The molecule has 0 radical (unpaired) electrons. The van der Waals surface area contributed by atoms with Crippen LogP contribution in [0.4, 0.5) is 5.69 Å². The molecule has 0 atom stereocenters. The molecule has 3 rings (SSSR count). The van der Waals surface area contributed by atoms with Crippen molar-refractivity contribution in [3.8, 4) is 29.1 Å². The van der Waals surface area contributed by atoms with Gasteiger partial charge in [0.05, 0.1) is 24.4 Å². The first kappa shape index (κ1) is 17.1. The van der Waals surface area contributed by atoms with E-state index in [1.54, 1.807) is 24.3 Å². The predicted octanol–water partition coefficient (Wildman–Crippen LogP) is 2.85. The summed E-state index contributed by atoms with van der Waals surface area (Å²) >= 11 is 0. The van der Waals surface area contributed by atoms with E-state index in [1.165, 1.54) is 25.3 Å². The number of hydrogen-bond acceptors (Lipinski definition) is 7. The Kier molecular flexibility index (Phi) is 4.90. The molecule has 1 N–H and O–H groups in total. The molecule has 8 heteroatoms. The number of nitrogens with zero attached hydrogens (tertiary/aromatic N) is 1. The van der Waals surface area contributed by atoms with Crippen molar-refractivity contribution in [3.05, 3.63) is 42.0 Å². The maximum atomic E-state index is 11.8. The summed E-state index contributed by atoms with van der Waals surface area (Å²) in [6, 6.07) is 11.2. The number of benzene rings is 2. The van der Waals surface area contributed by atoms with Crippen LogP contribution in [-0.2, 0) is 9.53 Å². The molecule has 1 heterocycles. The minimum absolute atomic E-state index is 0.141. The lowest BCUT2D eigenvalue weighted by atomic mass is 10.1. The summed E-state index contributed by atoms with van der Waals surface area (Å²) in [5.41, 5.74) is 0.476. The van der Waals surface area contributed by atoms with E-state index in [-0.39, 0.29) is 24.5 Å². The Morgan fingerprint density at radius 2 is 2.00 bits per heavy atom. The average molecular weight is 354 g/mol. The van der Waals surface area contributed by atoms with Crippen molar-refractivity contribution >= 4 is 17.6 Å². The number of rotatable bonds is 5. The van der Waals surface area contributed by atoms with Crippen LogP contribution in [0, 0.1) is 11.3 Å². The Morgan fingerprint density at radius 1 is 1.19 bits per heavy atom. The van der Waals surface area contributed by atoms with Crippen LogP contribution in [-0.4, -0.2) is 25.8 Å². The normalized spacial score (nSPS) is 11.4. The van der Waals surface area contributed by atoms with Crippen LogP contribution in [0.3, 0.4) is 0 Å². The second kappa shape index (κ2) is 7.44. The fourth-order valence-corrected chi connectivity index (χ4v) is 2.30. The van der Waals surface area contributed by atoms with Crippen molar-refractivity contribution in [2.75, 3.05) is 19.2 Å². The number of esters is 1. The van der Waals surface area contributed by atoms with Gasteiger partial charge in [-0.25, -0.2) is 4.79 Å². The summed E-state index contributed by atoms with van der Waals surface area (Å²) < 4.78 is 21.0. The first-order valence-corrected chi connectivity index (χ1v) is 7.57. The molecular weight excluding hydrogens is 340 g/mol. The molecule has 0 saturated heterocycles. The number of carbonyl (C=O) groups excluding carboxylic acids is 2. The first-order chi connectivity index (χ1) is 12.6. The van der Waals surface area contributed by atoms with Crippen molar-refractivity contribution in [3.63, 3.8) is 0 Å². The number of ether oxygens (including phenoxy) is 4. The molecule has 1 aliphatic rings. The molecule has 0 spiro atoms. The van der Waals surface area contributed by atoms with Gasteiger partial charge in [-0.1, -0.05) is 0 Å². The molecule has 0 unspecified atom stereocenters. The van der Waals surface area contributed by atoms with Crippen LogP contribution in [0.5, 0.6) is 23.0 Å². The highest BCUT2D eigenvalue weighted by atomic mass is 16.7. The van der Waals surface area contributed by atoms with Crippen molar-refractivity contribution in [2.24, 2.45) is 0 Å². The van der Waals surface area contributed by atoms with E-state index in [4.69, 9.17) is 19.5 Å². The van der Waals surface area contributed by atoms with Gasteiger partial charge in [0.1, 0.15) is 12.2 Å². The summed E-state index contributed by atoms with van der Waals surface area (Å²) in [5, 5.41) is 11.2. The molecule has 26 heavy (non-hydrogen) atoms. The number of hydrogen-bond donors (Lipinski definition) is 1. The summed E-state index contributed by atoms with van der Waals surface area (Å²) in [4.78, 5) is 23.5. The van der Waals surface area contributed by atoms with Crippen molar-refractivity contribution in [1.82, 2.24) is 0 Å². The molecule has 0 fully saturated rings. The van der Waals surface area contributed by atoms with Crippen molar-refractivity contribution < 1.29 is 28.5 Å². The molecular formula is C18H14N2O6. The Bertz CT molecular complexity index is 903. The Hall–Kier alpha value is -3.73. The quantitative estimate of drug-likeness (QED) is 0.823. The molecule has 8 nitrogen and oxygen atoms in total. The zero-order valence-electron chi connectivity index (χ0n) is 13.8. The number of methoxy groups -OCH3 is 1. The fraction of sp³-hybridized carbons (Fsp3) is 0.167. The number of fused-ring (bicyclic) bond motifs is 1. The van der Waals surface area contributed by atoms with E-state index >= 15 is 0 Å². The third-order valence-corrected chi connectivity index (χ3v) is 3.49. The first-order valence-electron chi connectivity index (χ1n) is 7.57. The van der Waals surface area contributed by atoms with Gasteiger partial charge >= 0.3 is 5.97 Å². The number of nitrogens with one attached hydrogen (secondary N) is 1. The van der Waals surface area contributed by atoms with Crippen LogP contribution in [0.25, 0.3) is 0 Å². The van der Waals surface area contributed by atoms with Crippen LogP contribution in [0.1, 0.15) is 16.8 Å². The van der Waals surface area contributed by atoms with E-state index in [0.717, 1.165) is 0 Å². The Morgan fingerprint density at radius 3 is 2.77 bits per heavy atom. The lowest BCUT2D eigenvalue weighted by Crippen LogP contribution is -2.12. The lowest BCUT2D eigenvalue weighted by Gasteiger charge is -2.13. The average Bonchev–Trinajstić information content (AvgIpc) is 3.10. The molecule has 0 saturated carbocycles. The smallest absolute Gasteiger partial charge is 0.337 e. The van der Waals surface area contributed by atoms with Crippen LogP contribution in [0.2, 0.25) is 0 Å². The summed E-state index contributed by atoms with van der Waals surface area (Å²) in [7, 11) is 1.26. The third kappa shape index (κ3) is 3.67. The highest BCUT2D eigenvalue weighted by Gasteiger charge is 2.17. The van der Waals surface area contributed by atoms with Gasteiger partial charge in [0, 0.05) is 6.07 Å². The molecule has 1 aliphatic heterocycles. The van der Waals surface area contributed by atoms with Crippen molar-refractivity contribution in [1.29, 1.82) is 5.26 Å². The van der Waals surface area contributed by atoms with Gasteiger partial charge in [0.25, 0.3) is 0 Å². The monoisotopic (exact) mass is 354 g/mol. The predicted molar refractivity (Wildman–Crippen MR) is 89.3 cm³/mol. The number of carbonyl (C=O) groups is 2. The molecule has 0 aromatic heterocycles. The standard InChI is InChI=1S/C18H14N2O6/c1-23-18(22)11-2-4-14(13(8-11)20-17(21)6-7-19)26-12-3-5-15-16(9-12)25-10-24-15/h2-5,8-9H,6,10H2,1H3,(H,20,21). The molecule has 0 bridgehead atoms. The number of nitriles is 1. The third-order valence-electron chi connectivity index (χ3n) is 3.49. The van der Waals surface area contributed by atoms with E-state index in [1.807, 2.05) is 0 Å². The number of amides is 1. The number of anilines is 1.